The highest BCUT2D eigenvalue weighted by Crippen LogP contribution is 2.26. The van der Waals surface area contributed by atoms with Gasteiger partial charge in [0.2, 0.25) is 0 Å². The van der Waals surface area contributed by atoms with E-state index in [1.807, 2.05) is 30.3 Å². The number of benzene rings is 4. The van der Waals surface area contributed by atoms with Crippen molar-refractivity contribution in [1.29, 1.82) is 0 Å². The zero-order chi connectivity index (χ0) is 27.7. The molecule has 0 aliphatic carbocycles. The second kappa shape index (κ2) is 10.8. The van der Waals surface area contributed by atoms with Gasteiger partial charge in [0.1, 0.15) is 5.75 Å². The van der Waals surface area contributed by atoms with Gasteiger partial charge in [-0.05, 0) is 72.7 Å². The molecule has 0 amide bonds. The molecule has 39 heavy (non-hydrogen) atoms. The van der Waals surface area contributed by atoms with Gasteiger partial charge in [0.05, 0.1) is 17.4 Å². The summed E-state index contributed by atoms with van der Waals surface area (Å²) < 4.78 is 7.05. The quantitative estimate of drug-likeness (QED) is 0.134. The van der Waals surface area contributed by atoms with Crippen LogP contribution in [0.4, 0.5) is 0 Å². The van der Waals surface area contributed by atoms with Gasteiger partial charge >= 0.3 is 0 Å². The molecule has 5 rings (SSSR count). The van der Waals surface area contributed by atoms with Crippen LogP contribution in [0, 0.1) is 5.92 Å². The summed E-state index contributed by atoms with van der Waals surface area (Å²) in [6.07, 6.45) is 5.13. The van der Waals surface area contributed by atoms with Gasteiger partial charge < -0.3 is 4.74 Å². The van der Waals surface area contributed by atoms with E-state index in [0.29, 0.717) is 29.7 Å². The van der Waals surface area contributed by atoms with E-state index in [0.717, 1.165) is 36.1 Å². The zero-order valence-electron chi connectivity index (χ0n) is 22.3. The van der Waals surface area contributed by atoms with E-state index in [-0.39, 0.29) is 38.9 Å². The predicted octanol–water partition coefficient (Wildman–Crippen LogP) is 5.71. The minimum Gasteiger partial charge on any atom is -0.493 e. The van der Waals surface area contributed by atoms with Crippen molar-refractivity contribution in [2.24, 2.45) is 5.92 Å². The molecular weight excluding hydrogens is 490 g/mol. The fraction of sp³-hybridized carbons (Fsp3) is 0.273. The third kappa shape index (κ3) is 4.83. The van der Waals surface area contributed by atoms with Crippen LogP contribution in [0.15, 0.2) is 86.4 Å². The molecule has 0 spiro atoms. The van der Waals surface area contributed by atoms with E-state index in [1.165, 1.54) is 16.7 Å². The van der Waals surface area contributed by atoms with Crippen LogP contribution in [0.1, 0.15) is 39.5 Å². The first kappa shape index (κ1) is 26.3. The Labute approximate surface area is 225 Å². The number of hydrogen-bond acceptors (Lipinski definition) is 5. The lowest BCUT2D eigenvalue weighted by Gasteiger charge is -2.11. The molecule has 0 saturated carbocycles. The number of unbranched alkanes of at least 4 members (excludes halogenated alkanes) is 2. The Morgan fingerprint density at radius 3 is 1.97 bits per heavy atom. The molecule has 4 aromatic carbocycles. The summed E-state index contributed by atoms with van der Waals surface area (Å²) in [6, 6.07) is 15.7. The average Bonchev–Trinajstić information content (AvgIpc) is 3.20. The van der Waals surface area contributed by atoms with E-state index in [9.17, 15) is 19.2 Å². The lowest BCUT2D eigenvalue weighted by Crippen LogP contribution is -2.25. The summed E-state index contributed by atoms with van der Waals surface area (Å²) in [6.45, 7) is 8.90. The number of aromatic nitrogens is 1. The molecule has 0 radical (unpaired) electrons. The molecule has 0 saturated heterocycles. The van der Waals surface area contributed by atoms with Gasteiger partial charge in [-0.2, -0.15) is 0 Å². The molecule has 0 aliphatic heterocycles. The molecule has 1 aromatic heterocycles. The summed E-state index contributed by atoms with van der Waals surface area (Å²) in [5, 5.41) is 1.27. The highest BCUT2D eigenvalue weighted by atomic mass is 16.5. The third-order valence-electron chi connectivity index (χ3n) is 7.57. The Morgan fingerprint density at radius 1 is 0.769 bits per heavy atom. The minimum atomic E-state index is -0.424. The van der Waals surface area contributed by atoms with Crippen molar-refractivity contribution in [3.8, 4) is 16.9 Å². The number of fused-ring (bicyclic) bond motifs is 3. The number of allylic oxidation sites excluding steroid dienone is 1. The molecular formula is C33H31NO5. The van der Waals surface area contributed by atoms with Gasteiger partial charge in [0.25, 0.3) is 11.1 Å². The van der Waals surface area contributed by atoms with Crippen LogP contribution >= 0.6 is 0 Å². The Hall–Kier alpha value is -4.32. The van der Waals surface area contributed by atoms with Crippen molar-refractivity contribution in [2.75, 3.05) is 6.61 Å². The average molecular weight is 522 g/mol. The Kier molecular flexibility index (Phi) is 7.29. The number of nitrogens with zero attached hydrogens (tertiary/aromatic N) is 1. The van der Waals surface area contributed by atoms with E-state index in [2.05, 4.69) is 20.4 Å². The largest absolute Gasteiger partial charge is 0.493 e. The Morgan fingerprint density at radius 2 is 1.36 bits per heavy atom. The smallest absolute Gasteiger partial charge is 0.261 e. The molecule has 5 aromatic rings. The fourth-order valence-electron chi connectivity index (χ4n) is 4.97. The van der Waals surface area contributed by atoms with E-state index in [4.69, 9.17) is 4.74 Å². The highest BCUT2D eigenvalue weighted by Gasteiger charge is 2.18. The number of ether oxygens (including phenoxy) is 1. The van der Waals surface area contributed by atoms with Crippen LogP contribution in [0.25, 0.3) is 43.4 Å². The molecule has 1 heterocycles. The lowest BCUT2D eigenvalue weighted by molar-refractivity contribution is 0.256. The van der Waals surface area contributed by atoms with E-state index >= 15 is 0 Å². The van der Waals surface area contributed by atoms with Crippen LogP contribution in [-0.2, 0) is 6.54 Å². The van der Waals surface area contributed by atoms with Crippen LogP contribution in [0.2, 0.25) is 0 Å². The molecule has 0 unspecified atom stereocenters. The zero-order valence-corrected chi connectivity index (χ0v) is 22.3. The van der Waals surface area contributed by atoms with Crippen LogP contribution in [0.3, 0.4) is 0 Å². The number of rotatable bonds is 10. The van der Waals surface area contributed by atoms with Gasteiger partial charge in [-0.25, -0.2) is 0 Å². The Balaban J connectivity index is 1.57. The molecule has 1 atom stereocenters. The highest BCUT2D eigenvalue weighted by molar-refractivity contribution is 6.05. The van der Waals surface area contributed by atoms with E-state index in [1.54, 1.807) is 18.2 Å². The molecule has 6 heteroatoms. The van der Waals surface area contributed by atoms with Crippen LogP contribution < -0.4 is 26.7 Å². The van der Waals surface area contributed by atoms with Gasteiger partial charge in [-0.3, -0.25) is 23.7 Å². The first-order valence-corrected chi connectivity index (χ1v) is 13.5. The minimum absolute atomic E-state index is 0.159. The first-order chi connectivity index (χ1) is 18.8. The van der Waals surface area contributed by atoms with Gasteiger partial charge in [-0.1, -0.05) is 44.5 Å². The summed E-state index contributed by atoms with van der Waals surface area (Å²) in [5.74, 6) is 1.25. The van der Waals surface area contributed by atoms with Crippen molar-refractivity contribution in [2.45, 2.75) is 46.1 Å². The lowest BCUT2D eigenvalue weighted by atomic mass is 9.96. The topological polar surface area (TPSA) is 82.4 Å². The van der Waals surface area contributed by atoms with Crippen molar-refractivity contribution in [3.63, 3.8) is 0 Å². The maximum absolute atomic E-state index is 13.6. The second-order valence-electron chi connectivity index (χ2n) is 10.3. The van der Waals surface area contributed by atoms with Gasteiger partial charge in [-0.15, -0.1) is 6.58 Å². The molecule has 6 nitrogen and oxygen atoms in total. The molecule has 0 N–H and O–H groups in total. The molecule has 0 fully saturated rings. The van der Waals surface area contributed by atoms with Gasteiger partial charge in [0, 0.05) is 28.1 Å². The van der Waals surface area contributed by atoms with Crippen molar-refractivity contribution < 1.29 is 4.74 Å². The molecule has 0 aliphatic rings. The molecule has 198 valence electrons. The summed E-state index contributed by atoms with van der Waals surface area (Å²) in [5.41, 5.74) is 0.183. The standard InChI is InChI=1S/C33H31NO5/c1-4-6-7-8-15-34-32(37)28-17-26-27(18-29(28)33(34)38)31(36)25-16-22(11-14-24(25)30(26)35)21-9-12-23(13-10-21)39-19-20(3)5-2/h4,9-14,16-18,20H,1,5-8,15,19H2,2-3H3/t20-/m0/s1. The summed E-state index contributed by atoms with van der Waals surface area (Å²) in [4.78, 5) is 53.0. The fourth-order valence-corrected chi connectivity index (χ4v) is 4.97. The Bertz CT molecular complexity index is 1910. The second-order valence-corrected chi connectivity index (χ2v) is 10.3. The summed E-state index contributed by atoms with van der Waals surface area (Å²) in [7, 11) is 0. The van der Waals surface area contributed by atoms with Crippen molar-refractivity contribution >= 4 is 32.3 Å². The van der Waals surface area contributed by atoms with Crippen LogP contribution in [-0.4, -0.2) is 11.2 Å². The maximum Gasteiger partial charge on any atom is 0.261 e. The molecule has 0 bridgehead atoms. The normalized spacial score (nSPS) is 12.4. The number of hydrogen-bond donors (Lipinski definition) is 0. The predicted molar refractivity (Wildman–Crippen MR) is 159 cm³/mol. The van der Waals surface area contributed by atoms with E-state index < -0.39 is 11.1 Å². The van der Waals surface area contributed by atoms with Crippen LogP contribution in [0.5, 0.6) is 5.75 Å². The SMILES string of the molecule is C=CCCCCn1c(=O)c2cc3c(=O)c4ccc(-c5ccc(OC[C@@H](C)CC)cc5)cc4c(=O)c3cc2c1=O. The maximum atomic E-state index is 13.6. The van der Waals surface area contributed by atoms with Crippen molar-refractivity contribution in [1.82, 2.24) is 4.57 Å². The third-order valence-corrected chi connectivity index (χ3v) is 7.57. The van der Waals surface area contributed by atoms with Crippen molar-refractivity contribution in [3.05, 3.63) is 108 Å². The summed E-state index contributed by atoms with van der Waals surface area (Å²) >= 11 is 0. The monoisotopic (exact) mass is 521 g/mol. The first-order valence-electron chi connectivity index (χ1n) is 13.5. The van der Waals surface area contributed by atoms with Gasteiger partial charge in [0.15, 0.2) is 10.9 Å².